The summed E-state index contributed by atoms with van der Waals surface area (Å²) in [6.45, 7) is 1.11. The van der Waals surface area contributed by atoms with Crippen molar-refractivity contribution in [1.29, 1.82) is 0 Å². The summed E-state index contributed by atoms with van der Waals surface area (Å²) in [5.74, 6) is 0.730. The third-order valence-electron chi connectivity index (χ3n) is 3.97. The van der Waals surface area contributed by atoms with Crippen LogP contribution in [-0.4, -0.2) is 36.3 Å². The van der Waals surface area contributed by atoms with E-state index >= 15 is 0 Å². The molecule has 0 radical (unpaired) electrons. The number of halogens is 3. The van der Waals surface area contributed by atoms with Crippen LogP contribution < -0.4 is 9.62 Å². The zero-order chi connectivity index (χ0) is 18.1. The van der Waals surface area contributed by atoms with E-state index in [1.54, 1.807) is 6.20 Å². The van der Waals surface area contributed by atoms with Crippen LogP contribution in [-0.2, 0) is 16.2 Å². The summed E-state index contributed by atoms with van der Waals surface area (Å²) in [6, 6.07) is 3.77. The van der Waals surface area contributed by atoms with E-state index in [1.165, 1.54) is 12.1 Å². The van der Waals surface area contributed by atoms with Gasteiger partial charge in [0.1, 0.15) is 0 Å². The normalized spacial score (nSPS) is 17.0. The van der Waals surface area contributed by atoms with Crippen LogP contribution in [0.1, 0.15) is 18.4 Å². The molecular formula is C14H15F3N4O2S2. The van der Waals surface area contributed by atoms with E-state index in [4.69, 9.17) is 0 Å². The van der Waals surface area contributed by atoms with E-state index in [0.29, 0.717) is 25.9 Å². The van der Waals surface area contributed by atoms with Gasteiger partial charge in [-0.2, -0.15) is 21.9 Å². The number of aromatic nitrogens is 2. The minimum atomic E-state index is -4.73. The maximum Gasteiger partial charge on any atom is 0.417 e. The fourth-order valence-corrected chi connectivity index (χ4v) is 4.71. The van der Waals surface area contributed by atoms with Gasteiger partial charge in [0.15, 0.2) is 5.82 Å². The third kappa shape index (κ3) is 4.10. The molecule has 0 aliphatic carbocycles. The monoisotopic (exact) mass is 392 g/mol. The fraction of sp³-hybridized carbons (Fsp3) is 0.429. The van der Waals surface area contributed by atoms with Gasteiger partial charge in [-0.15, -0.1) is 0 Å². The Morgan fingerprint density at radius 1 is 1.20 bits per heavy atom. The van der Waals surface area contributed by atoms with Crippen molar-refractivity contribution in [3.05, 3.63) is 36.0 Å². The second-order valence-electron chi connectivity index (χ2n) is 5.64. The Labute approximate surface area is 147 Å². The second-order valence-corrected chi connectivity index (χ2v) is 7.88. The fourth-order valence-electron chi connectivity index (χ4n) is 2.74. The van der Waals surface area contributed by atoms with Gasteiger partial charge in [-0.1, -0.05) is 12.1 Å². The molecule has 1 aliphatic rings. The number of rotatable bonds is 4. The number of alkyl halides is 3. The van der Waals surface area contributed by atoms with Crippen molar-refractivity contribution < 1.29 is 21.6 Å². The number of benzene rings is 1. The van der Waals surface area contributed by atoms with Crippen molar-refractivity contribution >= 4 is 27.6 Å². The van der Waals surface area contributed by atoms with Crippen molar-refractivity contribution in [3.8, 4) is 0 Å². The van der Waals surface area contributed by atoms with Crippen LogP contribution >= 0.6 is 11.7 Å². The average molecular weight is 392 g/mol. The molecule has 11 heteroatoms. The number of nitrogens with zero attached hydrogens (tertiary/aromatic N) is 3. The van der Waals surface area contributed by atoms with Crippen LogP contribution in [0.15, 0.2) is 35.4 Å². The highest BCUT2D eigenvalue weighted by molar-refractivity contribution is 7.89. The summed E-state index contributed by atoms with van der Waals surface area (Å²) in [4.78, 5) is 1.23. The van der Waals surface area contributed by atoms with Crippen LogP contribution in [0.2, 0.25) is 0 Å². The highest BCUT2D eigenvalue weighted by atomic mass is 32.2. The van der Waals surface area contributed by atoms with Crippen LogP contribution in [0.3, 0.4) is 0 Å². The first kappa shape index (κ1) is 18.1. The van der Waals surface area contributed by atoms with Gasteiger partial charge in [-0.3, -0.25) is 0 Å². The Balaban J connectivity index is 1.71. The lowest BCUT2D eigenvalue weighted by Crippen LogP contribution is -2.45. The molecule has 1 N–H and O–H groups in total. The molecule has 6 nitrogen and oxygen atoms in total. The van der Waals surface area contributed by atoms with Crippen molar-refractivity contribution in [2.45, 2.75) is 30.0 Å². The quantitative estimate of drug-likeness (QED) is 0.865. The van der Waals surface area contributed by atoms with Crippen LogP contribution in [0, 0.1) is 0 Å². The molecule has 1 fully saturated rings. The molecule has 136 valence electrons. The smallest absolute Gasteiger partial charge is 0.354 e. The molecule has 3 rings (SSSR count). The summed E-state index contributed by atoms with van der Waals surface area (Å²) >= 11 is 1.09. The van der Waals surface area contributed by atoms with E-state index in [-0.39, 0.29) is 0 Å². The molecule has 1 aromatic carbocycles. The lowest BCUT2D eigenvalue weighted by Gasteiger charge is -2.32. The first-order chi connectivity index (χ1) is 11.8. The summed E-state index contributed by atoms with van der Waals surface area (Å²) in [5.41, 5.74) is -1.16. The molecule has 0 saturated carbocycles. The van der Waals surface area contributed by atoms with Crippen molar-refractivity contribution in [2.75, 3.05) is 18.0 Å². The van der Waals surface area contributed by atoms with E-state index < -0.39 is 32.7 Å². The molecule has 1 aliphatic heterocycles. The van der Waals surface area contributed by atoms with Crippen molar-refractivity contribution in [2.24, 2.45) is 0 Å². The minimum absolute atomic E-state index is 0.422. The van der Waals surface area contributed by atoms with Gasteiger partial charge in [-0.25, -0.2) is 13.1 Å². The van der Waals surface area contributed by atoms with Crippen LogP contribution in [0.25, 0.3) is 0 Å². The highest BCUT2D eigenvalue weighted by Crippen LogP contribution is 2.34. The Morgan fingerprint density at radius 3 is 2.48 bits per heavy atom. The summed E-state index contributed by atoms with van der Waals surface area (Å²) in [7, 11) is -4.26. The molecule has 0 spiro atoms. The predicted octanol–water partition coefficient (Wildman–Crippen LogP) is 2.50. The van der Waals surface area contributed by atoms with E-state index in [1.807, 2.05) is 4.90 Å². The van der Waals surface area contributed by atoms with Gasteiger partial charge < -0.3 is 4.90 Å². The zero-order valence-corrected chi connectivity index (χ0v) is 14.5. The van der Waals surface area contributed by atoms with Crippen LogP contribution in [0.5, 0.6) is 0 Å². The Morgan fingerprint density at radius 2 is 1.88 bits per heavy atom. The molecule has 2 heterocycles. The Hall–Kier alpha value is -1.72. The van der Waals surface area contributed by atoms with E-state index in [2.05, 4.69) is 13.5 Å². The summed E-state index contributed by atoms with van der Waals surface area (Å²) < 4.78 is 74.5. The number of anilines is 1. The SMILES string of the molecule is O=S(=O)(NC1CCN(c2cnsn2)CC1)c1ccccc1C(F)(F)F. The maximum absolute atomic E-state index is 13.1. The van der Waals surface area contributed by atoms with Gasteiger partial charge >= 0.3 is 6.18 Å². The second kappa shape index (κ2) is 6.89. The third-order valence-corrected chi connectivity index (χ3v) is 6.02. The van der Waals surface area contributed by atoms with Crippen molar-refractivity contribution in [3.63, 3.8) is 0 Å². The van der Waals surface area contributed by atoms with Crippen molar-refractivity contribution in [1.82, 2.24) is 13.5 Å². The molecule has 25 heavy (non-hydrogen) atoms. The maximum atomic E-state index is 13.1. The van der Waals surface area contributed by atoms with Gasteiger partial charge in [0.2, 0.25) is 10.0 Å². The molecule has 0 amide bonds. The lowest BCUT2D eigenvalue weighted by molar-refractivity contribution is -0.139. The number of sulfonamides is 1. The van der Waals surface area contributed by atoms with E-state index in [0.717, 1.165) is 29.7 Å². The predicted molar refractivity (Wildman–Crippen MR) is 86.9 cm³/mol. The van der Waals surface area contributed by atoms with E-state index in [9.17, 15) is 21.6 Å². The number of hydrogen-bond acceptors (Lipinski definition) is 6. The lowest BCUT2D eigenvalue weighted by atomic mass is 10.1. The topological polar surface area (TPSA) is 75.2 Å². The first-order valence-electron chi connectivity index (χ1n) is 7.48. The molecular weight excluding hydrogens is 377 g/mol. The minimum Gasteiger partial charge on any atom is -0.354 e. The summed E-state index contributed by atoms with van der Waals surface area (Å²) in [6.07, 6.45) is -2.14. The number of piperidine rings is 1. The Kier molecular flexibility index (Phi) is 4.98. The summed E-state index contributed by atoms with van der Waals surface area (Å²) in [5, 5.41) is 0. The van der Waals surface area contributed by atoms with Gasteiger partial charge in [-0.05, 0) is 25.0 Å². The first-order valence-corrected chi connectivity index (χ1v) is 9.70. The van der Waals surface area contributed by atoms with Gasteiger partial charge in [0.05, 0.1) is 28.4 Å². The number of hydrogen-bond donors (Lipinski definition) is 1. The molecule has 2 aromatic rings. The number of nitrogens with one attached hydrogen (secondary N) is 1. The van der Waals surface area contributed by atoms with Gasteiger partial charge in [0, 0.05) is 19.1 Å². The average Bonchev–Trinajstić information content (AvgIpc) is 3.09. The molecule has 0 bridgehead atoms. The molecule has 1 saturated heterocycles. The Bertz CT molecular complexity index is 817. The zero-order valence-electron chi connectivity index (χ0n) is 12.9. The standard InChI is InChI=1S/C14H15F3N4O2S2/c15-14(16,17)11-3-1-2-4-12(11)25(22,23)20-10-5-7-21(8-6-10)13-9-18-24-19-13/h1-4,9-10,20H,5-8H2. The largest absolute Gasteiger partial charge is 0.417 e. The highest BCUT2D eigenvalue weighted by Gasteiger charge is 2.37. The molecule has 1 aromatic heterocycles. The molecule has 0 unspecified atom stereocenters. The van der Waals surface area contributed by atoms with Gasteiger partial charge in [0.25, 0.3) is 0 Å². The van der Waals surface area contributed by atoms with Crippen LogP contribution in [0.4, 0.5) is 19.0 Å². The molecule has 0 atom stereocenters.